The maximum atomic E-state index is 5.54. The lowest BCUT2D eigenvalue weighted by Gasteiger charge is -2.28. The van der Waals surface area contributed by atoms with E-state index in [4.69, 9.17) is 4.74 Å². The molecule has 0 saturated carbocycles. The number of ether oxygens (including phenoxy) is 1. The Hall–Kier alpha value is -1.02. The second kappa shape index (κ2) is 8.21. The van der Waals surface area contributed by atoms with Crippen LogP contribution >= 0.6 is 0 Å². The van der Waals surface area contributed by atoms with Gasteiger partial charge in [-0.15, -0.1) is 0 Å². The minimum absolute atomic E-state index is 0.520. The van der Waals surface area contributed by atoms with Crippen LogP contribution < -0.4 is 10.1 Å². The molecule has 0 aliphatic carbocycles. The highest BCUT2D eigenvalue weighted by Crippen LogP contribution is 2.34. The molecular weight excluding hydrogens is 234 g/mol. The molecule has 108 valence electrons. The largest absolute Gasteiger partial charge is 0.496 e. The minimum Gasteiger partial charge on any atom is -0.496 e. The highest BCUT2D eigenvalue weighted by molar-refractivity contribution is 5.37. The summed E-state index contributed by atoms with van der Waals surface area (Å²) in [5, 5.41) is 3.59. The van der Waals surface area contributed by atoms with Crippen LogP contribution in [-0.2, 0) is 0 Å². The van der Waals surface area contributed by atoms with E-state index in [0.717, 1.165) is 12.3 Å². The van der Waals surface area contributed by atoms with Crippen molar-refractivity contribution in [3.05, 3.63) is 29.8 Å². The van der Waals surface area contributed by atoms with Gasteiger partial charge in [-0.25, -0.2) is 0 Å². The number of rotatable bonds is 8. The standard InChI is InChI=1S/C17H29NO/c1-6-14(7-2)16(12-18-13(3)4)15-10-8-9-11-17(15)19-5/h8-11,13-14,16,18H,6-7,12H2,1-5H3. The van der Waals surface area contributed by atoms with Gasteiger partial charge in [-0.2, -0.15) is 0 Å². The fraction of sp³-hybridized carbons (Fsp3) is 0.647. The van der Waals surface area contributed by atoms with Crippen LogP contribution in [0.1, 0.15) is 52.0 Å². The van der Waals surface area contributed by atoms with E-state index in [1.54, 1.807) is 7.11 Å². The molecule has 1 N–H and O–H groups in total. The Morgan fingerprint density at radius 2 is 1.74 bits per heavy atom. The molecular formula is C17H29NO. The molecule has 0 saturated heterocycles. The average Bonchev–Trinajstić information content (AvgIpc) is 2.43. The highest BCUT2D eigenvalue weighted by atomic mass is 16.5. The first kappa shape index (κ1) is 16.0. The van der Waals surface area contributed by atoms with E-state index in [9.17, 15) is 0 Å². The second-order valence-corrected chi connectivity index (χ2v) is 5.49. The van der Waals surface area contributed by atoms with Crippen LogP contribution in [0.2, 0.25) is 0 Å². The fourth-order valence-corrected chi connectivity index (χ4v) is 2.72. The van der Waals surface area contributed by atoms with Gasteiger partial charge in [-0.05, 0) is 17.5 Å². The molecule has 1 atom stereocenters. The van der Waals surface area contributed by atoms with Crippen LogP contribution in [0.3, 0.4) is 0 Å². The van der Waals surface area contributed by atoms with Gasteiger partial charge in [0.1, 0.15) is 5.75 Å². The Labute approximate surface area is 118 Å². The van der Waals surface area contributed by atoms with Crippen molar-refractivity contribution in [3.8, 4) is 5.75 Å². The number of nitrogens with one attached hydrogen (secondary N) is 1. The van der Waals surface area contributed by atoms with E-state index in [2.05, 4.69) is 51.2 Å². The van der Waals surface area contributed by atoms with Crippen molar-refractivity contribution in [1.29, 1.82) is 0 Å². The molecule has 1 rings (SSSR count). The van der Waals surface area contributed by atoms with Crippen molar-refractivity contribution in [2.75, 3.05) is 13.7 Å². The van der Waals surface area contributed by atoms with Crippen LogP contribution in [0.25, 0.3) is 0 Å². The molecule has 1 unspecified atom stereocenters. The summed E-state index contributed by atoms with van der Waals surface area (Å²) in [5.74, 6) is 2.24. The third kappa shape index (κ3) is 4.54. The molecule has 0 aliphatic rings. The molecule has 0 heterocycles. The molecule has 0 aliphatic heterocycles. The van der Waals surface area contributed by atoms with Gasteiger partial charge in [0.05, 0.1) is 7.11 Å². The minimum atomic E-state index is 0.520. The summed E-state index contributed by atoms with van der Waals surface area (Å²) in [6, 6.07) is 8.96. The Balaban J connectivity index is 2.99. The second-order valence-electron chi connectivity index (χ2n) is 5.49. The van der Waals surface area contributed by atoms with Crippen molar-refractivity contribution >= 4 is 0 Å². The smallest absolute Gasteiger partial charge is 0.122 e. The quantitative estimate of drug-likeness (QED) is 0.758. The first-order chi connectivity index (χ1) is 9.13. The number of para-hydroxylation sites is 1. The zero-order valence-electron chi connectivity index (χ0n) is 13.1. The number of hydrogen-bond donors (Lipinski definition) is 1. The van der Waals surface area contributed by atoms with Gasteiger partial charge in [0, 0.05) is 18.5 Å². The summed E-state index contributed by atoms with van der Waals surface area (Å²) < 4.78 is 5.54. The molecule has 0 radical (unpaired) electrons. The number of methoxy groups -OCH3 is 1. The summed E-state index contributed by atoms with van der Waals surface area (Å²) in [6.07, 6.45) is 2.41. The van der Waals surface area contributed by atoms with E-state index in [-0.39, 0.29) is 0 Å². The zero-order chi connectivity index (χ0) is 14.3. The molecule has 19 heavy (non-hydrogen) atoms. The van der Waals surface area contributed by atoms with E-state index >= 15 is 0 Å². The molecule has 0 fully saturated rings. The Kier molecular flexibility index (Phi) is 6.93. The third-order valence-electron chi connectivity index (χ3n) is 3.90. The first-order valence-corrected chi connectivity index (χ1v) is 7.50. The average molecular weight is 263 g/mol. The van der Waals surface area contributed by atoms with Gasteiger partial charge in [-0.3, -0.25) is 0 Å². The lowest BCUT2D eigenvalue weighted by molar-refractivity contribution is 0.350. The zero-order valence-corrected chi connectivity index (χ0v) is 13.1. The topological polar surface area (TPSA) is 21.3 Å². The molecule has 2 heteroatoms. The lowest BCUT2D eigenvalue weighted by Crippen LogP contribution is -2.31. The summed E-state index contributed by atoms with van der Waals surface area (Å²) in [6.45, 7) is 9.99. The van der Waals surface area contributed by atoms with Crippen molar-refractivity contribution in [2.45, 2.75) is 52.5 Å². The predicted octanol–water partition coefficient (Wildman–Crippen LogP) is 4.21. The van der Waals surface area contributed by atoms with Gasteiger partial charge >= 0.3 is 0 Å². The maximum Gasteiger partial charge on any atom is 0.122 e. The number of hydrogen-bond acceptors (Lipinski definition) is 2. The first-order valence-electron chi connectivity index (χ1n) is 7.50. The number of benzene rings is 1. The molecule has 1 aromatic rings. The Morgan fingerprint density at radius 1 is 1.11 bits per heavy atom. The Morgan fingerprint density at radius 3 is 2.26 bits per heavy atom. The van der Waals surface area contributed by atoms with Gasteiger partial charge in [0.15, 0.2) is 0 Å². The van der Waals surface area contributed by atoms with Gasteiger partial charge in [0.2, 0.25) is 0 Å². The molecule has 0 amide bonds. The SMILES string of the molecule is CCC(CC)C(CNC(C)C)c1ccccc1OC. The van der Waals surface area contributed by atoms with E-state index < -0.39 is 0 Å². The summed E-state index contributed by atoms with van der Waals surface area (Å²) >= 11 is 0. The third-order valence-corrected chi connectivity index (χ3v) is 3.90. The lowest BCUT2D eigenvalue weighted by atomic mass is 9.82. The van der Waals surface area contributed by atoms with Gasteiger partial charge in [-0.1, -0.05) is 58.7 Å². The predicted molar refractivity (Wildman–Crippen MR) is 82.9 cm³/mol. The fourth-order valence-electron chi connectivity index (χ4n) is 2.72. The van der Waals surface area contributed by atoms with Crippen LogP contribution in [0.4, 0.5) is 0 Å². The summed E-state index contributed by atoms with van der Waals surface area (Å²) in [4.78, 5) is 0. The van der Waals surface area contributed by atoms with Crippen molar-refractivity contribution < 1.29 is 4.74 Å². The van der Waals surface area contributed by atoms with E-state index in [0.29, 0.717) is 17.9 Å². The normalized spacial score (nSPS) is 13.0. The summed E-state index contributed by atoms with van der Waals surface area (Å²) in [7, 11) is 1.76. The van der Waals surface area contributed by atoms with Crippen LogP contribution in [-0.4, -0.2) is 19.7 Å². The maximum absolute atomic E-state index is 5.54. The molecule has 0 aromatic heterocycles. The van der Waals surface area contributed by atoms with Crippen molar-refractivity contribution in [1.82, 2.24) is 5.32 Å². The van der Waals surface area contributed by atoms with E-state index in [1.165, 1.54) is 18.4 Å². The molecule has 2 nitrogen and oxygen atoms in total. The monoisotopic (exact) mass is 263 g/mol. The van der Waals surface area contributed by atoms with Crippen LogP contribution in [0, 0.1) is 5.92 Å². The molecule has 1 aromatic carbocycles. The highest BCUT2D eigenvalue weighted by Gasteiger charge is 2.23. The Bertz CT molecular complexity index is 358. The van der Waals surface area contributed by atoms with Crippen LogP contribution in [0.15, 0.2) is 24.3 Å². The molecule has 0 spiro atoms. The summed E-state index contributed by atoms with van der Waals surface area (Å²) in [5.41, 5.74) is 1.34. The van der Waals surface area contributed by atoms with Crippen LogP contribution in [0.5, 0.6) is 5.75 Å². The van der Waals surface area contributed by atoms with Gasteiger partial charge < -0.3 is 10.1 Å². The van der Waals surface area contributed by atoms with Crippen molar-refractivity contribution in [2.24, 2.45) is 5.92 Å². The van der Waals surface area contributed by atoms with E-state index in [1.807, 2.05) is 6.07 Å². The molecule has 0 bridgehead atoms. The van der Waals surface area contributed by atoms with Gasteiger partial charge in [0.25, 0.3) is 0 Å². The van der Waals surface area contributed by atoms with Crippen molar-refractivity contribution in [3.63, 3.8) is 0 Å².